The maximum absolute atomic E-state index is 10.8. The number of halogens is 2. The van der Waals surface area contributed by atoms with Crippen LogP contribution in [0.4, 0.5) is 11.4 Å². The zero-order chi connectivity index (χ0) is 14.7. The van der Waals surface area contributed by atoms with Crippen molar-refractivity contribution < 1.29 is 4.92 Å². The lowest BCUT2D eigenvalue weighted by Gasteiger charge is -2.17. The Labute approximate surface area is 130 Å². The molecule has 1 N–H and O–H groups in total. The van der Waals surface area contributed by atoms with Crippen molar-refractivity contribution in [3.63, 3.8) is 0 Å². The summed E-state index contributed by atoms with van der Waals surface area (Å²) in [6.07, 6.45) is 0. The number of nitrogens with one attached hydrogen (secondary N) is 1. The van der Waals surface area contributed by atoms with Gasteiger partial charge in [-0.15, -0.1) is 0 Å². The second-order valence-corrected chi connectivity index (χ2v) is 5.57. The molecule has 1 atom stereocenters. The van der Waals surface area contributed by atoms with Crippen molar-refractivity contribution in [2.24, 2.45) is 0 Å². The first-order chi connectivity index (χ1) is 9.49. The molecule has 0 bridgehead atoms. The topological polar surface area (TPSA) is 55.2 Å². The van der Waals surface area contributed by atoms with Gasteiger partial charge in [0.1, 0.15) is 0 Å². The Bertz CT molecular complexity index is 649. The van der Waals surface area contributed by atoms with Crippen LogP contribution < -0.4 is 5.32 Å². The minimum absolute atomic E-state index is 0.00273. The number of nitrogens with zero attached hydrogens (tertiary/aromatic N) is 1. The standard InChI is InChI=1S/C14H12BrClN2O2/c1-9(11-4-2-3-5-13(11)16)17-10-6-7-14(18(19)20)12(15)8-10/h2-9,17H,1H3. The van der Waals surface area contributed by atoms with Crippen LogP contribution in [0.3, 0.4) is 0 Å². The first kappa shape index (κ1) is 14.8. The Morgan fingerprint density at radius 3 is 2.60 bits per heavy atom. The van der Waals surface area contributed by atoms with Crippen LogP contribution in [0, 0.1) is 10.1 Å². The predicted molar refractivity (Wildman–Crippen MR) is 84.3 cm³/mol. The summed E-state index contributed by atoms with van der Waals surface area (Å²) in [5.41, 5.74) is 1.81. The molecule has 0 aliphatic heterocycles. The van der Waals surface area contributed by atoms with Gasteiger partial charge in [0, 0.05) is 22.8 Å². The molecule has 104 valence electrons. The molecule has 6 heteroatoms. The number of rotatable bonds is 4. The maximum Gasteiger partial charge on any atom is 0.283 e. The first-order valence-electron chi connectivity index (χ1n) is 5.94. The third kappa shape index (κ3) is 3.29. The number of nitro benzene ring substituents is 1. The number of nitro groups is 1. The van der Waals surface area contributed by atoms with Gasteiger partial charge in [-0.1, -0.05) is 29.8 Å². The van der Waals surface area contributed by atoms with Gasteiger partial charge in [-0.3, -0.25) is 10.1 Å². The molecule has 1 unspecified atom stereocenters. The van der Waals surface area contributed by atoms with Crippen molar-refractivity contribution in [3.8, 4) is 0 Å². The van der Waals surface area contributed by atoms with Crippen LogP contribution in [0.15, 0.2) is 46.9 Å². The summed E-state index contributed by atoms with van der Waals surface area (Å²) in [6, 6.07) is 12.4. The Morgan fingerprint density at radius 2 is 2.00 bits per heavy atom. The van der Waals surface area contributed by atoms with Crippen LogP contribution in [-0.2, 0) is 0 Å². The van der Waals surface area contributed by atoms with Crippen molar-refractivity contribution in [2.45, 2.75) is 13.0 Å². The third-order valence-corrected chi connectivity index (χ3v) is 3.88. The summed E-state index contributed by atoms with van der Waals surface area (Å²) in [6.45, 7) is 1.98. The molecular formula is C14H12BrClN2O2. The molecule has 0 aliphatic rings. The fraction of sp³-hybridized carbons (Fsp3) is 0.143. The zero-order valence-corrected chi connectivity index (χ0v) is 13.0. The minimum Gasteiger partial charge on any atom is -0.378 e. The predicted octanol–water partition coefficient (Wildman–Crippen LogP) is 5.18. The first-order valence-corrected chi connectivity index (χ1v) is 7.11. The molecule has 0 saturated carbocycles. The van der Waals surface area contributed by atoms with Crippen molar-refractivity contribution in [1.82, 2.24) is 0 Å². The summed E-state index contributed by atoms with van der Waals surface area (Å²) in [4.78, 5) is 10.3. The number of hydrogen-bond donors (Lipinski definition) is 1. The summed E-state index contributed by atoms with van der Waals surface area (Å²) >= 11 is 9.35. The van der Waals surface area contributed by atoms with E-state index in [0.29, 0.717) is 9.50 Å². The van der Waals surface area contributed by atoms with Crippen LogP contribution in [0.25, 0.3) is 0 Å². The Hall–Kier alpha value is -1.59. The van der Waals surface area contributed by atoms with Crippen molar-refractivity contribution in [2.75, 3.05) is 5.32 Å². The van der Waals surface area contributed by atoms with Crippen molar-refractivity contribution in [1.29, 1.82) is 0 Å². The molecule has 4 nitrogen and oxygen atoms in total. The quantitative estimate of drug-likeness (QED) is 0.607. The van der Waals surface area contributed by atoms with Gasteiger partial charge in [0.25, 0.3) is 5.69 Å². The maximum atomic E-state index is 10.8. The van der Waals surface area contributed by atoms with Crippen molar-refractivity contribution in [3.05, 3.63) is 67.6 Å². The van der Waals surface area contributed by atoms with E-state index in [1.165, 1.54) is 6.07 Å². The largest absolute Gasteiger partial charge is 0.378 e. The van der Waals surface area contributed by atoms with Gasteiger partial charge >= 0.3 is 0 Å². The number of benzene rings is 2. The monoisotopic (exact) mass is 354 g/mol. The van der Waals surface area contributed by atoms with Crippen LogP contribution >= 0.6 is 27.5 Å². The lowest BCUT2D eigenvalue weighted by molar-refractivity contribution is -0.385. The van der Waals surface area contributed by atoms with Gasteiger partial charge in [-0.25, -0.2) is 0 Å². The van der Waals surface area contributed by atoms with E-state index in [9.17, 15) is 10.1 Å². The Morgan fingerprint density at radius 1 is 1.30 bits per heavy atom. The molecule has 20 heavy (non-hydrogen) atoms. The molecule has 0 heterocycles. The van der Waals surface area contributed by atoms with E-state index in [0.717, 1.165) is 11.3 Å². The molecule has 0 aromatic heterocycles. The molecule has 0 radical (unpaired) electrons. The second-order valence-electron chi connectivity index (χ2n) is 4.31. The van der Waals surface area contributed by atoms with Crippen LogP contribution in [0.1, 0.15) is 18.5 Å². The van der Waals surface area contributed by atoms with E-state index in [2.05, 4.69) is 21.2 Å². The minimum atomic E-state index is -0.425. The molecule has 0 spiro atoms. The third-order valence-electron chi connectivity index (χ3n) is 2.90. The van der Waals surface area contributed by atoms with E-state index in [1.54, 1.807) is 12.1 Å². The van der Waals surface area contributed by atoms with Gasteiger partial charge in [0.15, 0.2) is 0 Å². The fourth-order valence-electron chi connectivity index (χ4n) is 1.90. The highest BCUT2D eigenvalue weighted by atomic mass is 79.9. The molecule has 0 fully saturated rings. The lowest BCUT2D eigenvalue weighted by Crippen LogP contribution is -2.07. The van der Waals surface area contributed by atoms with E-state index in [1.807, 2.05) is 31.2 Å². The van der Waals surface area contributed by atoms with E-state index in [4.69, 9.17) is 11.6 Å². The average molecular weight is 356 g/mol. The molecule has 2 aromatic carbocycles. The van der Waals surface area contributed by atoms with E-state index in [-0.39, 0.29) is 11.7 Å². The van der Waals surface area contributed by atoms with E-state index >= 15 is 0 Å². The molecule has 2 aromatic rings. The van der Waals surface area contributed by atoms with Crippen LogP contribution in [0.5, 0.6) is 0 Å². The average Bonchev–Trinajstić information content (AvgIpc) is 2.38. The molecule has 0 aliphatic carbocycles. The smallest absolute Gasteiger partial charge is 0.283 e. The van der Waals surface area contributed by atoms with Crippen molar-refractivity contribution >= 4 is 38.9 Å². The van der Waals surface area contributed by atoms with Gasteiger partial charge in [-0.05, 0) is 46.6 Å². The normalized spacial score (nSPS) is 11.9. The number of hydrogen-bond acceptors (Lipinski definition) is 3. The molecule has 2 rings (SSSR count). The SMILES string of the molecule is CC(Nc1ccc([N+](=O)[O-])c(Br)c1)c1ccccc1Cl. The lowest BCUT2D eigenvalue weighted by atomic mass is 10.1. The summed E-state index contributed by atoms with van der Waals surface area (Å²) in [7, 11) is 0. The van der Waals surface area contributed by atoms with Gasteiger partial charge < -0.3 is 5.32 Å². The summed E-state index contributed by atoms with van der Waals surface area (Å²) < 4.78 is 0.443. The highest BCUT2D eigenvalue weighted by molar-refractivity contribution is 9.10. The Kier molecular flexibility index (Phi) is 4.62. The van der Waals surface area contributed by atoms with Gasteiger partial charge in [0.2, 0.25) is 0 Å². The molecule has 0 amide bonds. The second kappa shape index (κ2) is 6.24. The highest BCUT2D eigenvalue weighted by Gasteiger charge is 2.13. The van der Waals surface area contributed by atoms with Crippen LogP contribution in [-0.4, -0.2) is 4.92 Å². The number of anilines is 1. The Balaban J connectivity index is 2.20. The van der Waals surface area contributed by atoms with Gasteiger partial charge in [0.05, 0.1) is 9.40 Å². The molecule has 0 saturated heterocycles. The van der Waals surface area contributed by atoms with E-state index < -0.39 is 4.92 Å². The summed E-state index contributed by atoms with van der Waals surface area (Å²) in [5.74, 6) is 0. The fourth-order valence-corrected chi connectivity index (χ4v) is 2.72. The van der Waals surface area contributed by atoms with Gasteiger partial charge in [-0.2, -0.15) is 0 Å². The summed E-state index contributed by atoms with van der Waals surface area (Å²) in [5, 5.41) is 14.7. The highest BCUT2D eigenvalue weighted by Crippen LogP contribution is 2.30. The zero-order valence-electron chi connectivity index (χ0n) is 10.6. The molecular weight excluding hydrogens is 344 g/mol. The van der Waals surface area contributed by atoms with Crippen LogP contribution in [0.2, 0.25) is 5.02 Å².